The maximum Gasteiger partial charge on any atom is 0.416 e. The topological polar surface area (TPSA) is 46.6 Å². The molecule has 126 valence electrons. The number of benzene rings is 1. The van der Waals surface area contributed by atoms with Crippen LogP contribution in [0.25, 0.3) is 0 Å². The molecule has 0 saturated carbocycles. The second-order valence-corrected chi connectivity index (χ2v) is 5.42. The molecule has 4 nitrogen and oxygen atoms in total. The summed E-state index contributed by atoms with van der Waals surface area (Å²) in [5.41, 5.74) is -0.883. The van der Waals surface area contributed by atoms with E-state index in [1.807, 2.05) is 0 Å². The van der Waals surface area contributed by atoms with Gasteiger partial charge in [-0.3, -0.25) is 9.59 Å². The predicted molar refractivity (Wildman–Crippen MR) is 76.7 cm³/mol. The van der Waals surface area contributed by atoms with Crippen LogP contribution in [0.2, 0.25) is 0 Å². The van der Waals surface area contributed by atoms with Gasteiger partial charge in [0.15, 0.2) is 0 Å². The fourth-order valence-corrected chi connectivity index (χ4v) is 2.63. The first kappa shape index (κ1) is 17.3. The zero-order chi connectivity index (χ0) is 17.0. The molecule has 2 rings (SSSR count). The van der Waals surface area contributed by atoms with Crippen LogP contribution in [0.4, 0.5) is 13.2 Å². The largest absolute Gasteiger partial charge is 0.466 e. The minimum atomic E-state index is -4.49. The van der Waals surface area contributed by atoms with E-state index in [0.717, 1.165) is 12.1 Å². The van der Waals surface area contributed by atoms with Crippen molar-refractivity contribution in [2.45, 2.75) is 25.9 Å². The minimum absolute atomic E-state index is 0.0238. The SMILES string of the molecule is CCOC(=O)[C@@H]1CCCN(C(=O)c2cccc(C(F)(F)F)c2)C1. The van der Waals surface area contributed by atoms with Gasteiger partial charge in [0.25, 0.3) is 5.91 Å². The molecule has 23 heavy (non-hydrogen) atoms. The predicted octanol–water partition coefficient (Wildman–Crippen LogP) is 3.12. The Morgan fingerprint density at radius 3 is 2.74 bits per heavy atom. The number of piperidine rings is 1. The molecular formula is C16H18F3NO3. The number of alkyl halides is 3. The van der Waals surface area contributed by atoms with Crippen LogP contribution in [0.5, 0.6) is 0 Å². The zero-order valence-corrected chi connectivity index (χ0v) is 12.7. The number of halogens is 3. The Bertz CT molecular complexity index is 586. The number of likely N-dealkylation sites (tertiary alicyclic amines) is 1. The quantitative estimate of drug-likeness (QED) is 0.801. The van der Waals surface area contributed by atoms with Crippen molar-refractivity contribution >= 4 is 11.9 Å². The molecule has 0 radical (unpaired) electrons. The summed E-state index contributed by atoms with van der Waals surface area (Å²) >= 11 is 0. The molecule has 0 unspecified atom stereocenters. The maximum absolute atomic E-state index is 12.7. The molecule has 0 bridgehead atoms. The first-order valence-electron chi connectivity index (χ1n) is 7.46. The highest BCUT2D eigenvalue weighted by atomic mass is 19.4. The second kappa shape index (κ2) is 7.02. The lowest BCUT2D eigenvalue weighted by Gasteiger charge is -2.31. The van der Waals surface area contributed by atoms with Gasteiger partial charge < -0.3 is 9.64 Å². The van der Waals surface area contributed by atoms with Gasteiger partial charge in [0, 0.05) is 18.7 Å². The van der Waals surface area contributed by atoms with Gasteiger partial charge in [-0.05, 0) is 38.0 Å². The third kappa shape index (κ3) is 4.24. The van der Waals surface area contributed by atoms with Crippen LogP contribution in [0.3, 0.4) is 0 Å². The van der Waals surface area contributed by atoms with Gasteiger partial charge >= 0.3 is 12.1 Å². The Balaban J connectivity index is 2.12. The van der Waals surface area contributed by atoms with E-state index in [0.29, 0.717) is 19.4 Å². The molecular weight excluding hydrogens is 311 g/mol. The van der Waals surface area contributed by atoms with Crippen molar-refractivity contribution in [2.24, 2.45) is 5.92 Å². The Kier molecular flexibility index (Phi) is 5.28. The van der Waals surface area contributed by atoms with Gasteiger partial charge in [-0.25, -0.2) is 0 Å². The summed E-state index contributed by atoms with van der Waals surface area (Å²) in [6.07, 6.45) is -3.26. The molecule has 0 aromatic heterocycles. The molecule has 1 aliphatic rings. The van der Waals surface area contributed by atoms with Crippen molar-refractivity contribution in [3.63, 3.8) is 0 Å². The van der Waals surface area contributed by atoms with Crippen LogP contribution in [-0.2, 0) is 15.7 Å². The average molecular weight is 329 g/mol. The van der Waals surface area contributed by atoms with Crippen molar-refractivity contribution < 1.29 is 27.5 Å². The van der Waals surface area contributed by atoms with Gasteiger partial charge in [-0.15, -0.1) is 0 Å². The zero-order valence-electron chi connectivity index (χ0n) is 12.7. The number of amides is 1. The van der Waals surface area contributed by atoms with Gasteiger partial charge in [0.05, 0.1) is 18.1 Å². The number of carbonyl (C=O) groups is 2. The van der Waals surface area contributed by atoms with Crippen LogP contribution < -0.4 is 0 Å². The van der Waals surface area contributed by atoms with E-state index in [-0.39, 0.29) is 24.7 Å². The third-order valence-electron chi connectivity index (χ3n) is 3.77. The third-order valence-corrected chi connectivity index (χ3v) is 3.77. The highest BCUT2D eigenvalue weighted by Crippen LogP contribution is 2.30. The van der Waals surface area contributed by atoms with Crippen LogP contribution in [0.15, 0.2) is 24.3 Å². The minimum Gasteiger partial charge on any atom is -0.466 e. The second-order valence-electron chi connectivity index (χ2n) is 5.42. The molecule has 1 heterocycles. The number of esters is 1. The highest BCUT2D eigenvalue weighted by Gasteiger charge is 2.33. The Labute approximate surface area is 132 Å². The summed E-state index contributed by atoms with van der Waals surface area (Å²) in [6.45, 7) is 2.56. The molecule has 1 aromatic carbocycles. The molecule has 1 aromatic rings. The summed E-state index contributed by atoms with van der Waals surface area (Å²) in [4.78, 5) is 25.6. The first-order valence-corrected chi connectivity index (χ1v) is 7.46. The van der Waals surface area contributed by atoms with Crippen molar-refractivity contribution in [3.8, 4) is 0 Å². The summed E-state index contributed by atoms with van der Waals surface area (Å²) < 4.78 is 43.2. The average Bonchev–Trinajstić information content (AvgIpc) is 2.54. The van der Waals surface area contributed by atoms with E-state index in [2.05, 4.69) is 0 Å². The Hall–Kier alpha value is -2.05. The summed E-state index contributed by atoms with van der Waals surface area (Å²) in [6, 6.07) is 4.33. The normalized spacial score (nSPS) is 18.6. The number of rotatable bonds is 3. The summed E-state index contributed by atoms with van der Waals surface area (Å²) in [5.74, 6) is -1.28. The standard InChI is InChI=1S/C16H18F3NO3/c1-2-23-15(22)12-6-4-8-20(10-12)14(21)11-5-3-7-13(9-11)16(17,18)19/h3,5,7,9,12H,2,4,6,8,10H2,1H3/t12-/m1/s1. The van der Waals surface area contributed by atoms with E-state index in [1.54, 1.807) is 6.92 Å². The van der Waals surface area contributed by atoms with Gasteiger partial charge in [-0.1, -0.05) is 6.07 Å². The summed E-state index contributed by atoms with van der Waals surface area (Å²) in [7, 11) is 0. The molecule has 1 saturated heterocycles. The van der Waals surface area contributed by atoms with Gasteiger partial charge in [0.2, 0.25) is 0 Å². The van der Waals surface area contributed by atoms with E-state index in [9.17, 15) is 22.8 Å². The Morgan fingerprint density at radius 1 is 1.35 bits per heavy atom. The number of hydrogen-bond donors (Lipinski definition) is 0. The molecule has 1 atom stereocenters. The number of nitrogens with zero attached hydrogens (tertiary/aromatic N) is 1. The molecule has 0 N–H and O–H groups in total. The number of ether oxygens (including phenoxy) is 1. The molecule has 1 fully saturated rings. The lowest BCUT2D eigenvalue weighted by Crippen LogP contribution is -2.42. The smallest absolute Gasteiger partial charge is 0.416 e. The van der Waals surface area contributed by atoms with Crippen molar-refractivity contribution in [1.82, 2.24) is 4.90 Å². The fourth-order valence-electron chi connectivity index (χ4n) is 2.63. The van der Waals surface area contributed by atoms with Crippen LogP contribution in [0, 0.1) is 5.92 Å². The van der Waals surface area contributed by atoms with Crippen LogP contribution in [0.1, 0.15) is 35.7 Å². The molecule has 1 amide bonds. The van der Waals surface area contributed by atoms with Gasteiger partial charge in [0.1, 0.15) is 0 Å². The van der Waals surface area contributed by atoms with Gasteiger partial charge in [-0.2, -0.15) is 13.2 Å². The van der Waals surface area contributed by atoms with E-state index >= 15 is 0 Å². The van der Waals surface area contributed by atoms with E-state index in [4.69, 9.17) is 4.74 Å². The number of hydrogen-bond acceptors (Lipinski definition) is 3. The first-order chi connectivity index (χ1) is 10.8. The lowest BCUT2D eigenvalue weighted by molar-refractivity contribution is -0.149. The molecule has 0 aliphatic carbocycles. The van der Waals surface area contributed by atoms with E-state index in [1.165, 1.54) is 17.0 Å². The maximum atomic E-state index is 12.7. The molecule has 7 heteroatoms. The van der Waals surface area contributed by atoms with Crippen molar-refractivity contribution in [2.75, 3.05) is 19.7 Å². The monoisotopic (exact) mass is 329 g/mol. The van der Waals surface area contributed by atoms with Crippen molar-refractivity contribution in [1.29, 1.82) is 0 Å². The summed E-state index contributed by atoms with van der Waals surface area (Å²) in [5, 5.41) is 0. The Morgan fingerprint density at radius 2 is 2.09 bits per heavy atom. The highest BCUT2D eigenvalue weighted by molar-refractivity contribution is 5.94. The van der Waals surface area contributed by atoms with Crippen LogP contribution in [-0.4, -0.2) is 36.5 Å². The van der Waals surface area contributed by atoms with E-state index < -0.39 is 23.6 Å². The van der Waals surface area contributed by atoms with Crippen LogP contribution >= 0.6 is 0 Å². The lowest BCUT2D eigenvalue weighted by atomic mass is 9.97. The fraction of sp³-hybridized carbons (Fsp3) is 0.500. The number of carbonyl (C=O) groups excluding carboxylic acids is 2. The van der Waals surface area contributed by atoms with Crippen molar-refractivity contribution in [3.05, 3.63) is 35.4 Å². The molecule has 0 spiro atoms. The molecule has 1 aliphatic heterocycles.